The van der Waals surface area contributed by atoms with Gasteiger partial charge >= 0.3 is 0 Å². The van der Waals surface area contributed by atoms with Crippen LogP contribution in [0.3, 0.4) is 0 Å². The van der Waals surface area contributed by atoms with Gasteiger partial charge in [0.15, 0.2) is 11.6 Å². The van der Waals surface area contributed by atoms with E-state index in [1.165, 1.54) is 17.0 Å². The molecule has 8 heteroatoms. The molecule has 2 heterocycles. The molecule has 1 amide bonds. The molecule has 0 aliphatic carbocycles. The molecule has 6 nitrogen and oxygen atoms in total. The minimum atomic E-state index is -0.921. The Kier molecular flexibility index (Phi) is 5.29. The number of rotatable bonds is 4. The Bertz CT molecular complexity index is 1170. The maximum atomic E-state index is 14.2. The van der Waals surface area contributed by atoms with Gasteiger partial charge in [-0.2, -0.15) is 10.4 Å². The number of fused-ring (bicyclic) bond motifs is 1. The Morgan fingerprint density at radius 2 is 2.03 bits per heavy atom. The first-order valence-electron chi connectivity index (χ1n) is 9.42. The van der Waals surface area contributed by atoms with Crippen LogP contribution in [-0.4, -0.2) is 38.8 Å². The zero-order valence-corrected chi connectivity index (χ0v) is 16.0. The molecule has 3 aromatic rings. The SMILES string of the molecule is N#Cc1cccc(-c2nn(Cc3cccc(F)c3F)c3c2CN(C(=O)CO)CC3)c1. The number of benzene rings is 2. The number of aromatic nitrogens is 2. The molecule has 152 valence electrons. The van der Waals surface area contributed by atoms with Crippen molar-refractivity contribution in [2.24, 2.45) is 0 Å². The van der Waals surface area contributed by atoms with E-state index in [0.717, 1.165) is 17.3 Å². The number of hydrogen-bond donors (Lipinski definition) is 1. The lowest BCUT2D eigenvalue weighted by molar-refractivity contribution is -0.135. The van der Waals surface area contributed by atoms with Crippen LogP contribution < -0.4 is 0 Å². The van der Waals surface area contributed by atoms with E-state index in [9.17, 15) is 23.9 Å². The van der Waals surface area contributed by atoms with Crippen molar-refractivity contribution in [1.82, 2.24) is 14.7 Å². The molecular formula is C22H18F2N4O2. The van der Waals surface area contributed by atoms with Crippen LogP contribution in [0.1, 0.15) is 22.4 Å². The molecule has 1 aromatic heterocycles. The lowest BCUT2D eigenvalue weighted by atomic mass is 9.99. The van der Waals surface area contributed by atoms with Gasteiger partial charge in [0, 0.05) is 41.9 Å². The fourth-order valence-electron chi connectivity index (χ4n) is 3.73. The summed E-state index contributed by atoms with van der Waals surface area (Å²) in [6.45, 7) is 0.0862. The van der Waals surface area contributed by atoms with E-state index in [1.54, 1.807) is 22.9 Å². The molecule has 0 saturated carbocycles. The van der Waals surface area contributed by atoms with Gasteiger partial charge in [0.1, 0.15) is 6.61 Å². The quantitative estimate of drug-likeness (QED) is 0.720. The Labute approximate surface area is 171 Å². The average molecular weight is 408 g/mol. The summed E-state index contributed by atoms with van der Waals surface area (Å²) in [5.74, 6) is -2.22. The minimum absolute atomic E-state index is 0.0395. The van der Waals surface area contributed by atoms with Gasteiger partial charge in [0.05, 0.1) is 23.9 Å². The van der Waals surface area contributed by atoms with Gasteiger partial charge in [-0.25, -0.2) is 8.78 Å². The summed E-state index contributed by atoms with van der Waals surface area (Å²) in [4.78, 5) is 13.6. The van der Waals surface area contributed by atoms with Crippen LogP contribution >= 0.6 is 0 Å². The predicted molar refractivity (Wildman–Crippen MR) is 104 cm³/mol. The molecule has 0 bridgehead atoms. The normalized spacial score (nSPS) is 13.1. The average Bonchev–Trinajstić information content (AvgIpc) is 3.14. The summed E-state index contributed by atoms with van der Waals surface area (Å²) in [5, 5.41) is 23.1. The van der Waals surface area contributed by atoms with Crippen LogP contribution in [0.15, 0.2) is 42.5 Å². The number of nitrogens with zero attached hydrogens (tertiary/aromatic N) is 4. The first-order valence-corrected chi connectivity index (χ1v) is 9.42. The van der Waals surface area contributed by atoms with Crippen molar-refractivity contribution in [2.75, 3.05) is 13.2 Å². The van der Waals surface area contributed by atoms with E-state index in [0.29, 0.717) is 29.8 Å². The second-order valence-electron chi connectivity index (χ2n) is 7.06. The van der Waals surface area contributed by atoms with Crippen molar-refractivity contribution in [3.8, 4) is 17.3 Å². The number of carbonyl (C=O) groups excluding carboxylic acids is 1. The van der Waals surface area contributed by atoms with Crippen LogP contribution in [0.5, 0.6) is 0 Å². The lowest BCUT2D eigenvalue weighted by Crippen LogP contribution is -2.38. The Hall–Kier alpha value is -3.57. The molecule has 1 aliphatic heterocycles. The first-order chi connectivity index (χ1) is 14.5. The standard InChI is InChI=1S/C22H18F2N4O2/c23-18-6-2-5-16(21(18)24)11-28-19-7-8-27(20(30)13-29)12-17(19)22(26-28)15-4-1-3-14(9-15)10-25/h1-6,9,29H,7-8,11-13H2. The molecule has 1 N–H and O–H groups in total. The highest BCUT2D eigenvalue weighted by Gasteiger charge is 2.28. The van der Waals surface area contributed by atoms with Crippen LogP contribution in [0.25, 0.3) is 11.3 Å². The maximum absolute atomic E-state index is 14.2. The zero-order chi connectivity index (χ0) is 21.3. The minimum Gasteiger partial charge on any atom is -0.387 e. The monoisotopic (exact) mass is 408 g/mol. The molecule has 4 rings (SSSR count). The van der Waals surface area contributed by atoms with E-state index in [2.05, 4.69) is 11.2 Å². The number of aliphatic hydroxyl groups is 1. The van der Waals surface area contributed by atoms with Crippen LogP contribution in [0.4, 0.5) is 8.78 Å². The summed E-state index contributed by atoms with van der Waals surface area (Å²) < 4.78 is 29.5. The highest BCUT2D eigenvalue weighted by molar-refractivity contribution is 5.78. The number of aliphatic hydroxyl groups excluding tert-OH is 1. The highest BCUT2D eigenvalue weighted by atomic mass is 19.2. The van der Waals surface area contributed by atoms with Crippen molar-refractivity contribution in [3.05, 3.63) is 76.5 Å². The van der Waals surface area contributed by atoms with E-state index in [-0.39, 0.29) is 24.6 Å². The molecule has 2 aromatic carbocycles. The number of hydrogen-bond acceptors (Lipinski definition) is 4. The van der Waals surface area contributed by atoms with Crippen LogP contribution in [0.2, 0.25) is 0 Å². The topological polar surface area (TPSA) is 82.2 Å². The molecule has 1 aliphatic rings. The van der Waals surface area contributed by atoms with E-state index < -0.39 is 18.2 Å². The largest absolute Gasteiger partial charge is 0.387 e. The third kappa shape index (κ3) is 3.55. The lowest BCUT2D eigenvalue weighted by Gasteiger charge is -2.27. The van der Waals surface area contributed by atoms with Gasteiger partial charge in [-0.15, -0.1) is 0 Å². The van der Waals surface area contributed by atoms with Crippen LogP contribution in [-0.2, 0) is 24.3 Å². The summed E-state index contributed by atoms with van der Waals surface area (Å²) in [5.41, 5.74) is 3.50. The molecule has 0 radical (unpaired) electrons. The second kappa shape index (κ2) is 8.05. The maximum Gasteiger partial charge on any atom is 0.248 e. The molecule has 0 saturated heterocycles. The fraction of sp³-hybridized carbons (Fsp3) is 0.227. The van der Waals surface area contributed by atoms with Crippen molar-refractivity contribution >= 4 is 5.91 Å². The Morgan fingerprint density at radius 1 is 1.23 bits per heavy atom. The van der Waals surface area contributed by atoms with Gasteiger partial charge in [0.2, 0.25) is 5.91 Å². The van der Waals surface area contributed by atoms with Gasteiger partial charge in [-0.3, -0.25) is 9.48 Å². The zero-order valence-electron chi connectivity index (χ0n) is 16.0. The highest BCUT2D eigenvalue weighted by Crippen LogP contribution is 2.31. The van der Waals surface area contributed by atoms with Gasteiger partial charge in [-0.1, -0.05) is 24.3 Å². The Balaban J connectivity index is 1.81. The summed E-state index contributed by atoms with van der Waals surface area (Å²) in [7, 11) is 0. The molecule has 0 atom stereocenters. The third-order valence-corrected chi connectivity index (χ3v) is 5.24. The van der Waals surface area contributed by atoms with Crippen molar-refractivity contribution < 1.29 is 18.7 Å². The molecule has 0 unspecified atom stereocenters. The van der Waals surface area contributed by atoms with Crippen molar-refractivity contribution in [1.29, 1.82) is 5.26 Å². The van der Waals surface area contributed by atoms with E-state index in [1.807, 2.05) is 6.07 Å². The van der Waals surface area contributed by atoms with Crippen molar-refractivity contribution in [2.45, 2.75) is 19.5 Å². The summed E-state index contributed by atoms with van der Waals surface area (Å²) in [6.07, 6.45) is 0.461. The molecule has 0 spiro atoms. The summed E-state index contributed by atoms with van der Waals surface area (Å²) >= 11 is 0. The predicted octanol–water partition coefficient (Wildman–Crippen LogP) is 2.63. The number of amides is 1. The first kappa shape index (κ1) is 19.7. The molecule has 0 fully saturated rings. The smallest absolute Gasteiger partial charge is 0.248 e. The van der Waals surface area contributed by atoms with E-state index in [4.69, 9.17) is 0 Å². The van der Waals surface area contributed by atoms with Crippen molar-refractivity contribution in [3.63, 3.8) is 0 Å². The third-order valence-electron chi connectivity index (χ3n) is 5.24. The number of carbonyl (C=O) groups is 1. The van der Waals surface area contributed by atoms with Gasteiger partial charge in [-0.05, 0) is 18.2 Å². The second-order valence-corrected chi connectivity index (χ2v) is 7.06. The fourth-order valence-corrected chi connectivity index (χ4v) is 3.73. The van der Waals surface area contributed by atoms with Crippen LogP contribution in [0, 0.1) is 23.0 Å². The molecular weight excluding hydrogens is 390 g/mol. The van der Waals surface area contributed by atoms with E-state index >= 15 is 0 Å². The van der Waals surface area contributed by atoms with Gasteiger partial charge in [0.25, 0.3) is 0 Å². The number of halogens is 2. The Morgan fingerprint density at radius 3 is 2.80 bits per heavy atom. The molecule has 30 heavy (non-hydrogen) atoms. The number of nitriles is 1. The summed E-state index contributed by atoms with van der Waals surface area (Å²) in [6, 6.07) is 13.0. The van der Waals surface area contributed by atoms with Gasteiger partial charge < -0.3 is 10.0 Å².